The molecule has 0 amide bonds. The molecule has 3 aromatic rings. The number of aromatic nitrogens is 1. The SMILES string of the molecule is COc1ccc2c(c1)C1CC1(S(=O)(=O)N1CC3C[C@H]1CN3C)Cn1c-2c(C2CCCCC2)c2ccc(C(=O)O)cc21. The van der Waals surface area contributed by atoms with Crippen molar-refractivity contribution in [3.63, 3.8) is 0 Å². The summed E-state index contributed by atoms with van der Waals surface area (Å²) in [4.78, 5) is 14.4. The first kappa shape index (κ1) is 25.8. The number of likely N-dealkylation sites (tertiary alicyclic amines) is 1. The minimum absolute atomic E-state index is 0.0240. The smallest absolute Gasteiger partial charge is 0.335 e. The fourth-order valence-electron chi connectivity index (χ4n) is 8.79. The summed E-state index contributed by atoms with van der Waals surface area (Å²) in [5.74, 6) is -0.00347. The number of carboxylic acid groups (broad SMARTS) is 1. The van der Waals surface area contributed by atoms with Crippen molar-refractivity contribution in [2.24, 2.45) is 0 Å². The highest BCUT2D eigenvalue weighted by Crippen LogP contribution is 2.64. The highest BCUT2D eigenvalue weighted by molar-refractivity contribution is 7.91. The summed E-state index contributed by atoms with van der Waals surface area (Å²) in [5, 5.41) is 11.0. The van der Waals surface area contributed by atoms with Crippen molar-refractivity contribution in [3.05, 3.63) is 53.1 Å². The van der Waals surface area contributed by atoms with Crippen LogP contribution in [0.15, 0.2) is 36.4 Å². The monoisotopic (exact) mass is 575 g/mol. The minimum Gasteiger partial charge on any atom is -0.497 e. The molecule has 0 spiro atoms. The van der Waals surface area contributed by atoms with Crippen LogP contribution in [0.5, 0.6) is 5.75 Å². The quantitative estimate of drug-likeness (QED) is 0.459. The Bertz CT molecular complexity index is 1710. The summed E-state index contributed by atoms with van der Waals surface area (Å²) in [5.41, 5.74) is 5.53. The lowest BCUT2D eigenvalue weighted by Gasteiger charge is -2.34. The van der Waals surface area contributed by atoms with Gasteiger partial charge in [0.2, 0.25) is 10.0 Å². The maximum Gasteiger partial charge on any atom is 0.335 e. The zero-order chi connectivity index (χ0) is 28.3. The van der Waals surface area contributed by atoms with Crippen LogP contribution in [0.2, 0.25) is 0 Å². The van der Waals surface area contributed by atoms with Gasteiger partial charge in [0.15, 0.2) is 0 Å². The molecule has 1 aromatic heterocycles. The number of aromatic carboxylic acids is 1. The molecule has 2 saturated heterocycles. The van der Waals surface area contributed by atoms with Crippen LogP contribution in [0.3, 0.4) is 0 Å². The molecule has 216 valence electrons. The van der Waals surface area contributed by atoms with E-state index in [0.29, 0.717) is 25.4 Å². The van der Waals surface area contributed by atoms with Crippen molar-refractivity contribution in [1.29, 1.82) is 0 Å². The normalized spacial score (nSPS) is 29.7. The number of nitrogens with zero attached hydrogens (tertiary/aromatic N) is 3. The summed E-state index contributed by atoms with van der Waals surface area (Å²) in [6, 6.07) is 11.9. The summed E-state index contributed by atoms with van der Waals surface area (Å²) >= 11 is 0. The molecule has 8 nitrogen and oxygen atoms in total. The number of hydrogen-bond acceptors (Lipinski definition) is 5. The van der Waals surface area contributed by atoms with E-state index < -0.39 is 20.7 Å². The lowest BCUT2D eigenvalue weighted by Crippen LogP contribution is -2.52. The fraction of sp³-hybridized carbons (Fsp3) is 0.531. The van der Waals surface area contributed by atoms with Crippen LogP contribution in [-0.4, -0.2) is 77.3 Å². The van der Waals surface area contributed by atoms with E-state index >= 15 is 0 Å². The summed E-state index contributed by atoms with van der Waals surface area (Å²) < 4.78 is 38.2. The first-order chi connectivity index (χ1) is 19.7. The summed E-state index contributed by atoms with van der Waals surface area (Å²) in [6.45, 7) is 1.67. The number of carbonyl (C=O) groups is 1. The van der Waals surface area contributed by atoms with Gasteiger partial charge in [0.1, 0.15) is 10.5 Å². The predicted octanol–water partition coefficient (Wildman–Crippen LogP) is 5.02. The fourth-order valence-corrected chi connectivity index (χ4v) is 11.3. The average molecular weight is 576 g/mol. The highest BCUT2D eigenvalue weighted by atomic mass is 32.2. The van der Waals surface area contributed by atoms with Gasteiger partial charge in [-0.3, -0.25) is 0 Å². The van der Waals surface area contributed by atoms with Gasteiger partial charge in [0.25, 0.3) is 0 Å². The third-order valence-electron chi connectivity index (χ3n) is 11.0. The van der Waals surface area contributed by atoms with Gasteiger partial charge in [-0.15, -0.1) is 0 Å². The van der Waals surface area contributed by atoms with Crippen molar-refractivity contribution < 1.29 is 23.1 Å². The number of fused-ring (bicyclic) bond motifs is 9. The average Bonchev–Trinajstić information content (AvgIpc) is 3.24. The van der Waals surface area contributed by atoms with E-state index in [2.05, 4.69) is 28.6 Å². The molecule has 3 unspecified atom stereocenters. The third kappa shape index (κ3) is 3.52. The number of benzene rings is 2. The Morgan fingerprint density at radius 3 is 2.54 bits per heavy atom. The first-order valence-electron chi connectivity index (χ1n) is 15.0. The molecule has 2 aromatic carbocycles. The van der Waals surface area contributed by atoms with Crippen LogP contribution in [0, 0.1) is 0 Å². The van der Waals surface area contributed by atoms with E-state index in [-0.39, 0.29) is 23.6 Å². The second-order valence-corrected chi connectivity index (χ2v) is 15.3. The van der Waals surface area contributed by atoms with Crippen molar-refractivity contribution in [3.8, 4) is 17.0 Å². The number of rotatable bonds is 5. The lowest BCUT2D eigenvalue weighted by atomic mass is 9.81. The van der Waals surface area contributed by atoms with Crippen molar-refractivity contribution in [1.82, 2.24) is 13.8 Å². The molecule has 9 heteroatoms. The first-order valence-corrected chi connectivity index (χ1v) is 16.5. The van der Waals surface area contributed by atoms with Gasteiger partial charge in [-0.1, -0.05) is 25.3 Å². The van der Waals surface area contributed by atoms with E-state index in [1.54, 1.807) is 19.2 Å². The Morgan fingerprint density at radius 2 is 1.85 bits per heavy atom. The molecule has 8 rings (SSSR count). The number of piperazine rings is 1. The molecule has 2 saturated carbocycles. The van der Waals surface area contributed by atoms with Gasteiger partial charge in [-0.05, 0) is 80.1 Å². The van der Waals surface area contributed by atoms with Crippen LogP contribution >= 0.6 is 0 Å². The van der Waals surface area contributed by atoms with Crippen LogP contribution < -0.4 is 4.74 Å². The molecule has 2 bridgehead atoms. The van der Waals surface area contributed by atoms with Crippen molar-refractivity contribution >= 4 is 26.9 Å². The maximum absolute atomic E-state index is 14.8. The van der Waals surface area contributed by atoms with E-state index in [1.165, 1.54) is 24.8 Å². The molecule has 3 aliphatic heterocycles. The number of likely N-dealkylation sites (N-methyl/N-ethyl adjacent to an activating group) is 1. The third-order valence-corrected chi connectivity index (χ3v) is 13.7. The largest absolute Gasteiger partial charge is 0.497 e. The number of carboxylic acids is 1. The lowest BCUT2D eigenvalue weighted by molar-refractivity contribution is 0.0697. The molecular formula is C32H37N3O5S. The number of sulfonamides is 1. The Labute approximate surface area is 240 Å². The molecule has 4 atom stereocenters. The minimum atomic E-state index is -3.65. The van der Waals surface area contributed by atoms with Gasteiger partial charge >= 0.3 is 5.97 Å². The molecule has 2 aliphatic carbocycles. The van der Waals surface area contributed by atoms with E-state index in [1.807, 2.05) is 16.4 Å². The van der Waals surface area contributed by atoms with Crippen molar-refractivity contribution in [2.45, 2.75) is 80.2 Å². The Morgan fingerprint density at radius 1 is 1.05 bits per heavy atom. The second-order valence-electron chi connectivity index (χ2n) is 13.1. The van der Waals surface area contributed by atoms with Gasteiger partial charge in [-0.25, -0.2) is 13.2 Å². The number of ether oxygens (including phenoxy) is 1. The topological polar surface area (TPSA) is 92.1 Å². The van der Waals surface area contributed by atoms with E-state index in [9.17, 15) is 18.3 Å². The van der Waals surface area contributed by atoms with Crippen LogP contribution in [0.4, 0.5) is 0 Å². The molecular weight excluding hydrogens is 538 g/mol. The highest BCUT2D eigenvalue weighted by Gasteiger charge is 2.69. The van der Waals surface area contributed by atoms with Gasteiger partial charge in [0.05, 0.1) is 18.4 Å². The zero-order valence-electron chi connectivity index (χ0n) is 23.7. The second kappa shape index (κ2) is 8.82. The Kier molecular flexibility index (Phi) is 5.55. The van der Waals surface area contributed by atoms with E-state index in [4.69, 9.17) is 4.74 Å². The van der Waals surface area contributed by atoms with Crippen LogP contribution in [0.25, 0.3) is 22.2 Å². The van der Waals surface area contributed by atoms with Gasteiger partial charge < -0.3 is 19.3 Å². The van der Waals surface area contributed by atoms with Gasteiger partial charge in [0, 0.05) is 54.1 Å². The van der Waals surface area contributed by atoms with Crippen LogP contribution in [0.1, 0.15) is 78.3 Å². The van der Waals surface area contributed by atoms with E-state index in [0.717, 1.165) is 59.3 Å². The molecule has 41 heavy (non-hydrogen) atoms. The molecule has 0 radical (unpaired) electrons. The Balaban J connectivity index is 1.38. The van der Waals surface area contributed by atoms with Gasteiger partial charge in [-0.2, -0.15) is 4.31 Å². The number of hydrogen-bond donors (Lipinski definition) is 1. The number of methoxy groups -OCH3 is 1. The predicted molar refractivity (Wildman–Crippen MR) is 157 cm³/mol. The molecule has 5 aliphatic rings. The molecule has 1 N–H and O–H groups in total. The van der Waals surface area contributed by atoms with Crippen LogP contribution in [-0.2, 0) is 16.6 Å². The summed E-state index contributed by atoms with van der Waals surface area (Å²) in [7, 11) is 0.0949. The zero-order valence-corrected chi connectivity index (χ0v) is 24.5. The maximum atomic E-state index is 14.8. The summed E-state index contributed by atoms with van der Waals surface area (Å²) in [6.07, 6.45) is 7.23. The van der Waals surface area contributed by atoms with Crippen molar-refractivity contribution in [2.75, 3.05) is 27.2 Å². The standard InChI is InChI=1S/C32H37N3O5S/c1-33-16-22-13-21(33)17-35(22)41(38,39)32-15-27(32)26-14-23(40-2)9-11-24(26)30-29(19-6-4-3-5-7-19)25-10-8-20(31(36)37)12-28(25)34(30)18-32/h8-12,14,19,21-22,27H,3-7,13,15-18H2,1-2H3,(H,36,37)/t21?,22-,27?,32?/m0/s1. The molecule has 4 heterocycles. The molecule has 4 fully saturated rings. The Hall–Kier alpha value is -2.88.